The van der Waals surface area contributed by atoms with E-state index in [2.05, 4.69) is 5.10 Å². The SMILES string of the molecule is Cc1cccc2nn(C)c(C(C)O)c12. The summed E-state index contributed by atoms with van der Waals surface area (Å²) >= 11 is 0. The molecule has 1 unspecified atom stereocenters. The Hall–Kier alpha value is -1.35. The molecule has 0 aliphatic rings. The highest BCUT2D eigenvalue weighted by atomic mass is 16.3. The molecule has 0 saturated carbocycles. The molecule has 2 rings (SSSR count). The molecule has 1 aromatic heterocycles. The van der Waals surface area contributed by atoms with Crippen molar-refractivity contribution >= 4 is 10.9 Å². The molecule has 0 aliphatic carbocycles. The summed E-state index contributed by atoms with van der Waals surface area (Å²) in [6.45, 7) is 3.80. The maximum atomic E-state index is 9.66. The molecule has 1 N–H and O–H groups in total. The summed E-state index contributed by atoms with van der Waals surface area (Å²) in [5, 5.41) is 15.1. The van der Waals surface area contributed by atoms with Gasteiger partial charge in [0.25, 0.3) is 0 Å². The third-order valence-electron chi connectivity index (χ3n) is 2.51. The molecule has 3 heteroatoms. The van der Waals surface area contributed by atoms with E-state index in [1.54, 1.807) is 11.6 Å². The van der Waals surface area contributed by atoms with Gasteiger partial charge in [-0.3, -0.25) is 4.68 Å². The van der Waals surface area contributed by atoms with Gasteiger partial charge in [0.15, 0.2) is 0 Å². The molecule has 0 aliphatic heterocycles. The summed E-state index contributed by atoms with van der Waals surface area (Å²) in [5.41, 5.74) is 2.99. The summed E-state index contributed by atoms with van der Waals surface area (Å²) in [6, 6.07) is 5.99. The second kappa shape index (κ2) is 3.10. The number of hydrogen-bond acceptors (Lipinski definition) is 2. The highest BCUT2D eigenvalue weighted by Gasteiger charge is 2.14. The van der Waals surface area contributed by atoms with Crippen molar-refractivity contribution in [2.24, 2.45) is 7.05 Å². The van der Waals surface area contributed by atoms with E-state index in [0.717, 1.165) is 22.2 Å². The maximum Gasteiger partial charge on any atom is 0.0934 e. The van der Waals surface area contributed by atoms with E-state index in [1.807, 2.05) is 32.2 Å². The molecular weight excluding hydrogens is 176 g/mol. The molecule has 0 saturated heterocycles. The van der Waals surface area contributed by atoms with E-state index in [0.29, 0.717) is 0 Å². The van der Waals surface area contributed by atoms with E-state index in [-0.39, 0.29) is 0 Å². The quantitative estimate of drug-likeness (QED) is 0.746. The molecule has 0 bridgehead atoms. The van der Waals surface area contributed by atoms with Gasteiger partial charge < -0.3 is 5.11 Å². The fourth-order valence-corrected chi connectivity index (χ4v) is 1.93. The molecule has 0 spiro atoms. The molecule has 0 amide bonds. The smallest absolute Gasteiger partial charge is 0.0934 e. The van der Waals surface area contributed by atoms with Crippen LogP contribution in [0.1, 0.15) is 24.3 Å². The summed E-state index contributed by atoms with van der Waals surface area (Å²) in [5.74, 6) is 0. The Balaban J connectivity index is 2.86. The van der Waals surface area contributed by atoms with Crippen molar-refractivity contribution in [1.82, 2.24) is 9.78 Å². The van der Waals surface area contributed by atoms with E-state index >= 15 is 0 Å². The lowest BCUT2D eigenvalue weighted by Gasteiger charge is -2.06. The number of aliphatic hydroxyl groups is 1. The predicted molar refractivity (Wildman–Crippen MR) is 56.1 cm³/mol. The number of aryl methyl sites for hydroxylation is 2. The zero-order chi connectivity index (χ0) is 10.3. The zero-order valence-electron chi connectivity index (χ0n) is 8.65. The Labute approximate surface area is 83.0 Å². The van der Waals surface area contributed by atoms with Crippen LogP contribution < -0.4 is 0 Å². The van der Waals surface area contributed by atoms with E-state index in [9.17, 15) is 5.11 Å². The third kappa shape index (κ3) is 1.21. The van der Waals surface area contributed by atoms with Gasteiger partial charge in [-0.25, -0.2) is 0 Å². The Bertz CT molecular complexity index is 471. The molecule has 0 radical (unpaired) electrons. The van der Waals surface area contributed by atoms with Crippen molar-refractivity contribution in [2.75, 3.05) is 0 Å². The highest BCUT2D eigenvalue weighted by Crippen LogP contribution is 2.26. The van der Waals surface area contributed by atoms with Crippen LogP contribution in [-0.2, 0) is 7.05 Å². The second-order valence-electron chi connectivity index (χ2n) is 3.65. The number of fused-ring (bicyclic) bond motifs is 1. The summed E-state index contributed by atoms with van der Waals surface area (Å²) in [7, 11) is 1.86. The summed E-state index contributed by atoms with van der Waals surface area (Å²) < 4.78 is 1.75. The van der Waals surface area contributed by atoms with Crippen LogP contribution in [0.5, 0.6) is 0 Å². The van der Waals surface area contributed by atoms with Crippen LogP contribution in [0.4, 0.5) is 0 Å². The van der Waals surface area contributed by atoms with Crippen LogP contribution in [0.25, 0.3) is 10.9 Å². The standard InChI is InChI=1S/C11H14N2O/c1-7-5-4-6-9-10(7)11(8(2)14)13(3)12-9/h4-6,8,14H,1-3H3. The number of hydrogen-bond donors (Lipinski definition) is 1. The lowest BCUT2D eigenvalue weighted by molar-refractivity contribution is 0.190. The van der Waals surface area contributed by atoms with Crippen molar-refractivity contribution in [2.45, 2.75) is 20.0 Å². The van der Waals surface area contributed by atoms with Gasteiger partial charge in [-0.2, -0.15) is 5.10 Å². The van der Waals surface area contributed by atoms with Gasteiger partial charge in [0, 0.05) is 12.4 Å². The molecule has 0 fully saturated rings. The number of nitrogens with zero attached hydrogens (tertiary/aromatic N) is 2. The summed E-state index contributed by atoms with van der Waals surface area (Å²) in [6.07, 6.45) is -0.480. The Morgan fingerprint density at radius 3 is 2.79 bits per heavy atom. The van der Waals surface area contributed by atoms with E-state index in [4.69, 9.17) is 0 Å². The maximum absolute atomic E-state index is 9.66. The van der Waals surface area contributed by atoms with Crippen LogP contribution in [0, 0.1) is 6.92 Å². The molecule has 1 aromatic carbocycles. The Morgan fingerprint density at radius 2 is 2.14 bits per heavy atom. The Morgan fingerprint density at radius 1 is 1.43 bits per heavy atom. The van der Waals surface area contributed by atoms with E-state index in [1.165, 1.54) is 0 Å². The highest BCUT2D eigenvalue weighted by molar-refractivity contribution is 5.85. The van der Waals surface area contributed by atoms with Gasteiger partial charge in [-0.1, -0.05) is 12.1 Å². The normalized spacial score (nSPS) is 13.4. The van der Waals surface area contributed by atoms with Crippen molar-refractivity contribution in [3.63, 3.8) is 0 Å². The van der Waals surface area contributed by atoms with Crippen molar-refractivity contribution in [1.29, 1.82) is 0 Å². The van der Waals surface area contributed by atoms with Gasteiger partial charge >= 0.3 is 0 Å². The minimum atomic E-state index is -0.480. The van der Waals surface area contributed by atoms with Crippen molar-refractivity contribution in [3.8, 4) is 0 Å². The fourth-order valence-electron chi connectivity index (χ4n) is 1.93. The third-order valence-corrected chi connectivity index (χ3v) is 2.51. The number of aliphatic hydroxyl groups excluding tert-OH is 1. The van der Waals surface area contributed by atoms with Crippen LogP contribution in [0.2, 0.25) is 0 Å². The molecular formula is C11H14N2O. The Kier molecular flexibility index (Phi) is 2.04. The van der Waals surface area contributed by atoms with E-state index < -0.39 is 6.10 Å². The topological polar surface area (TPSA) is 38.0 Å². The lowest BCUT2D eigenvalue weighted by atomic mass is 10.1. The molecule has 3 nitrogen and oxygen atoms in total. The van der Waals surface area contributed by atoms with Crippen LogP contribution in [0.3, 0.4) is 0 Å². The first-order valence-corrected chi connectivity index (χ1v) is 4.71. The van der Waals surface area contributed by atoms with Crippen molar-refractivity contribution < 1.29 is 5.11 Å². The van der Waals surface area contributed by atoms with Gasteiger partial charge in [0.05, 0.1) is 17.3 Å². The first kappa shape index (κ1) is 9.21. The van der Waals surface area contributed by atoms with Gasteiger partial charge in [-0.15, -0.1) is 0 Å². The molecule has 2 aromatic rings. The van der Waals surface area contributed by atoms with Gasteiger partial charge in [0.1, 0.15) is 0 Å². The molecule has 74 valence electrons. The zero-order valence-corrected chi connectivity index (χ0v) is 8.65. The average molecular weight is 190 g/mol. The minimum absolute atomic E-state index is 0.480. The van der Waals surface area contributed by atoms with Crippen LogP contribution in [0.15, 0.2) is 18.2 Å². The predicted octanol–water partition coefficient (Wildman–Crippen LogP) is 1.94. The fraction of sp³-hybridized carbons (Fsp3) is 0.364. The van der Waals surface area contributed by atoms with Gasteiger partial charge in [0.2, 0.25) is 0 Å². The molecule has 1 heterocycles. The minimum Gasteiger partial charge on any atom is -0.387 e. The number of aromatic nitrogens is 2. The first-order valence-electron chi connectivity index (χ1n) is 4.71. The van der Waals surface area contributed by atoms with Crippen LogP contribution in [-0.4, -0.2) is 14.9 Å². The average Bonchev–Trinajstić information content (AvgIpc) is 2.42. The van der Waals surface area contributed by atoms with Crippen molar-refractivity contribution in [3.05, 3.63) is 29.5 Å². The first-order chi connectivity index (χ1) is 6.61. The van der Waals surface area contributed by atoms with Crippen LogP contribution >= 0.6 is 0 Å². The molecule has 14 heavy (non-hydrogen) atoms. The lowest BCUT2D eigenvalue weighted by Crippen LogP contribution is -2.02. The second-order valence-corrected chi connectivity index (χ2v) is 3.65. The van der Waals surface area contributed by atoms with Gasteiger partial charge in [-0.05, 0) is 25.5 Å². The number of rotatable bonds is 1. The molecule has 1 atom stereocenters. The number of benzene rings is 1. The monoisotopic (exact) mass is 190 g/mol. The largest absolute Gasteiger partial charge is 0.387 e. The summed E-state index contributed by atoms with van der Waals surface area (Å²) in [4.78, 5) is 0.